The first kappa shape index (κ1) is 19.1. The molecule has 2 aromatic rings. The smallest absolute Gasteiger partial charge is 0.363 e. The minimum atomic E-state index is -4.62. The lowest BCUT2D eigenvalue weighted by molar-refractivity contribution is -0.137. The largest absolute Gasteiger partial charge is 0.417 e. The summed E-state index contributed by atoms with van der Waals surface area (Å²) in [4.78, 5) is 16.9. The van der Waals surface area contributed by atoms with Crippen molar-refractivity contribution in [2.75, 3.05) is 6.61 Å². The molecule has 1 N–H and O–H groups in total. The maximum absolute atomic E-state index is 15.7. The number of carbonyl (C=O) groups is 1. The molecular formula is C19H15ClF4N2O2. The van der Waals surface area contributed by atoms with Crippen LogP contribution >= 0.6 is 11.6 Å². The van der Waals surface area contributed by atoms with E-state index >= 15 is 4.39 Å². The van der Waals surface area contributed by atoms with Crippen LogP contribution in [0.25, 0.3) is 0 Å². The Hall–Kier alpha value is -2.19. The van der Waals surface area contributed by atoms with Gasteiger partial charge in [-0.3, -0.25) is 9.78 Å². The molecule has 4 rings (SSSR count). The second-order valence-corrected chi connectivity index (χ2v) is 7.32. The number of fused-ring (bicyclic) bond motifs is 2. The molecule has 1 aliphatic carbocycles. The summed E-state index contributed by atoms with van der Waals surface area (Å²) < 4.78 is 60.0. The van der Waals surface area contributed by atoms with Gasteiger partial charge in [0.25, 0.3) is 5.91 Å². The molecule has 0 radical (unpaired) electrons. The molecule has 28 heavy (non-hydrogen) atoms. The number of nitrogens with zero attached hydrogens (tertiary/aromatic N) is 1. The number of halogens is 5. The molecule has 9 heteroatoms. The highest BCUT2D eigenvalue weighted by Gasteiger charge is 2.58. The molecule has 1 fully saturated rings. The van der Waals surface area contributed by atoms with Gasteiger partial charge in [0, 0.05) is 18.3 Å². The van der Waals surface area contributed by atoms with Crippen molar-refractivity contribution >= 4 is 17.5 Å². The van der Waals surface area contributed by atoms with Crippen LogP contribution in [0.3, 0.4) is 0 Å². The van der Waals surface area contributed by atoms with Crippen LogP contribution in [-0.2, 0) is 33.5 Å². The zero-order valence-corrected chi connectivity index (χ0v) is 15.2. The van der Waals surface area contributed by atoms with Crippen molar-refractivity contribution in [2.45, 2.75) is 36.8 Å². The molecule has 1 aromatic carbocycles. The highest BCUT2D eigenvalue weighted by molar-refractivity contribution is 6.32. The Labute approximate surface area is 162 Å². The van der Waals surface area contributed by atoms with E-state index in [9.17, 15) is 18.0 Å². The minimum absolute atomic E-state index is 0.0534. The first-order valence-corrected chi connectivity index (χ1v) is 8.97. The number of rotatable bonds is 3. The number of alkyl halides is 4. The maximum atomic E-state index is 15.7. The predicted octanol–water partition coefficient (Wildman–Crippen LogP) is 4.25. The van der Waals surface area contributed by atoms with Crippen LogP contribution in [0, 0.1) is 0 Å². The van der Waals surface area contributed by atoms with Crippen molar-refractivity contribution in [3.8, 4) is 0 Å². The first-order valence-electron chi connectivity index (χ1n) is 8.59. The van der Waals surface area contributed by atoms with Crippen LogP contribution in [0.4, 0.5) is 17.6 Å². The lowest BCUT2D eigenvalue weighted by Crippen LogP contribution is -2.45. The van der Waals surface area contributed by atoms with E-state index in [-0.39, 0.29) is 24.1 Å². The lowest BCUT2D eigenvalue weighted by Gasteiger charge is -2.33. The Morgan fingerprint density at radius 1 is 1.25 bits per heavy atom. The molecule has 148 valence electrons. The van der Waals surface area contributed by atoms with Crippen LogP contribution in [-0.4, -0.2) is 17.5 Å². The zero-order valence-electron chi connectivity index (χ0n) is 14.4. The topological polar surface area (TPSA) is 54.5 Å². The molecule has 1 spiro atoms. The fraction of sp³-hybridized carbons (Fsp3) is 0.368. The molecule has 2 aliphatic rings. The quantitative estimate of drug-likeness (QED) is 0.603. The summed E-state index contributed by atoms with van der Waals surface area (Å²) in [6.07, 6.45) is -2.92. The SMILES string of the molecule is O=C(NCc1cccc(C(F)(F)F)c1Cl)C1(F)CCC2(CO2)c2ncccc21. The van der Waals surface area contributed by atoms with Gasteiger partial charge in [-0.2, -0.15) is 13.2 Å². The van der Waals surface area contributed by atoms with E-state index in [1.807, 2.05) is 0 Å². The van der Waals surface area contributed by atoms with E-state index in [1.165, 1.54) is 30.5 Å². The van der Waals surface area contributed by atoms with Gasteiger partial charge in [0.05, 0.1) is 22.9 Å². The van der Waals surface area contributed by atoms with Gasteiger partial charge in [0.2, 0.25) is 5.67 Å². The number of hydrogen-bond donors (Lipinski definition) is 1. The van der Waals surface area contributed by atoms with E-state index in [0.29, 0.717) is 18.7 Å². The Kier molecular flexibility index (Phi) is 4.39. The Bertz CT molecular complexity index is 946. The standard InChI is InChI=1S/C19H15ClF4N2O2/c20-14-11(3-1-4-12(14)19(22,23)24)9-26-16(27)18(21)7-6-17(10-28-17)15-13(18)5-2-8-25-15/h1-5,8H,6-7,9-10H2,(H,26,27). The molecular weight excluding hydrogens is 400 g/mol. The van der Waals surface area contributed by atoms with E-state index in [1.54, 1.807) is 0 Å². The minimum Gasteiger partial charge on any atom is -0.363 e. The number of pyridine rings is 1. The van der Waals surface area contributed by atoms with Gasteiger partial charge >= 0.3 is 6.18 Å². The summed E-state index contributed by atoms with van der Waals surface area (Å²) in [5, 5.41) is 1.87. The number of nitrogens with one attached hydrogen (secondary N) is 1. The van der Waals surface area contributed by atoms with E-state index in [4.69, 9.17) is 16.3 Å². The average Bonchev–Trinajstić information content (AvgIpc) is 3.44. The van der Waals surface area contributed by atoms with Crippen molar-refractivity contribution in [2.24, 2.45) is 0 Å². The summed E-state index contributed by atoms with van der Waals surface area (Å²) in [6.45, 7) is 0.0963. The van der Waals surface area contributed by atoms with Crippen molar-refractivity contribution in [3.05, 3.63) is 63.9 Å². The number of epoxide rings is 1. The molecule has 1 aliphatic heterocycles. The van der Waals surface area contributed by atoms with Crippen LogP contribution < -0.4 is 5.32 Å². The fourth-order valence-corrected chi connectivity index (χ4v) is 3.87. The van der Waals surface area contributed by atoms with Crippen molar-refractivity contribution in [3.63, 3.8) is 0 Å². The number of carbonyl (C=O) groups excluding carboxylic acids is 1. The highest BCUT2D eigenvalue weighted by Crippen LogP contribution is 2.53. The number of benzene rings is 1. The predicted molar refractivity (Wildman–Crippen MR) is 92.2 cm³/mol. The van der Waals surface area contributed by atoms with Gasteiger partial charge in [0.15, 0.2) is 0 Å². The van der Waals surface area contributed by atoms with Gasteiger partial charge in [0.1, 0.15) is 5.60 Å². The molecule has 1 amide bonds. The third-order valence-electron chi connectivity index (χ3n) is 5.22. The second kappa shape index (κ2) is 6.42. The third-order valence-corrected chi connectivity index (χ3v) is 5.66. The maximum Gasteiger partial charge on any atom is 0.417 e. The molecule has 2 unspecified atom stereocenters. The first-order chi connectivity index (χ1) is 13.2. The van der Waals surface area contributed by atoms with Crippen LogP contribution in [0.1, 0.15) is 35.2 Å². The normalized spacial score (nSPS) is 26.0. The zero-order chi connectivity index (χ0) is 20.2. The van der Waals surface area contributed by atoms with Crippen LogP contribution in [0.2, 0.25) is 5.02 Å². The molecule has 4 nitrogen and oxygen atoms in total. The molecule has 1 aromatic heterocycles. The summed E-state index contributed by atoms with van der Waals surface area (Å²) in [5.41, 5.74) is -3.39. The van der Waals surface area contributed by atoms with E-state index < -0.39 is 33.9 Å². The van der Waals surface area contributed by atoms with Gasteiger partial charge in [-0.15, -0.1) is 0 Å². The summed E-state index contributed by atoms with van der Waals surface area (Å²) >= 11 is 5.83. The molecule has 2 atom stereocenters. The van der Waals surface area contributed by atoms with E-state index in [0.717, 1.165) is 6.07 Å². The highest BCUT2D eigenvalue weighted by atomic mass is 35.5. The Balaban J connectivity index is 1.57. The van der Waals surface area contributed by atoms with Gasteiger partial charge in [-0.25, -0.2) is 4.39 Å². The summed E-state index contributed by atoms with van der Waals surface area (Å²) in [7, 11) is 0. The van der Waals surface area contributed by atoms with Gasteiger partial charge in [-0.1, -0.05) is 29.8 Å². The average molecular weight is 415 g/mol. The summed E-state index contributed by atoms with van der Waals surface area (Å²) in [5.74, 6) is -0.939. The Morgan fingerprint density at radius 3 is 2.68 bits per heavy atom. The van der Waals surface area contributed by atoms with Crippen molar-refractivity contribution in [1.82, 2.24) is 10.3 Å². The van der Waals surface area contributed by atoms with Crippen LogP contribution in [0.15, 0.2) is 36.5 Å². The number of hydrogen-bond acceptors (Lipinski definition) is 3. The molecule has 1 saturated heterocycles. The monoisotopic (exact) mass is 414 g/mol. The number of amides is 1. The Morgan fingerprint density at radius 2 is 2.00 bits per heavy atom. The number of ether oxygens (including phenoxy) is 1. The van der Waals surface area contributed by atoms with Gasteiger partial charge < -0.3 is 10.1 Å². The summed E-state index contributed by atoms with van der Waals surface area (Å²) in [6, 6.07) is 6.41. The molecule has 0 saturated carbocycles. The molecule has 0 bridgehead atoms. The lowest BCUT2D eigenvalue weighted by atomic mass is 9.77. The third kappa shape index (κ3) is 3.04. The van der Waals surface area contributed by atoms with Crippen LogP contribution in [0.5, 0.6) is 0 Å². The van der Waals surface area contributed by atoms with E-state index in [2.05, 4.69) is 10.3 Å². The molecule has 2 heterocycles. The van der Waals surface area contributed by atoms with Crippen molar-refractivity contribution < 1.29 is 27.1 Å². The second-order valence-electron chi connectivity index (χ2n) is 6.94. The fourth-order valence-electron chi connectivity index (χ4n) is 3.57. The van der Waals surface area contributed by atoms with Crippen molar-refractivity contribution in [1.29, 1.82) is 0 Å². The number of aromatic nitrogens is 1. The van der Waals surface area contributed by atoms with Gasteiger partial charge in [-0.05, 0) is 30.5 Å².